The Balaban J connectivity index is 2.36. The third-order valence-electron chi connectivity index (χ3n) is 4.31. The quantitative estimate of drug-likeness (QED) is 0.221. The van der Waals surface area contributed by atoms with Gasteiger partial charge in [0.25, 0.3) is 0 Å². The van der Waals surface area contributed by atoms with E-state index in [1.165, 1.54) is 7.11 Å². The van der Waals surface area contributed by atoms with Crippen molar-refractivity contribution in [1.82, 2.24) is 4.90 Å². The minimum Gasteiger partial charge on any atom is -0.499 e. The van der Waals surface area contributed by atoms with Crippen LogP contribution in [0.2, 0.25) is 0 Å². The number of nitrogens with two attached hydrogens (primary N) is 1. The zero-order valence-electron chi connectivity index (χ0n) is 17.5. The highest BCUT2D eigenvalue weighted by Crippen LogP contribution is 2.16. The van der Waals surface area contributed by atoms with Crippen molar-refractivity contribution >= 4 is 12.2 Å². The zero-order valence-corrected chi connectivity index (χ0v) is 17.5. The van der Waals surface area contributed by atoms with Crippen molar-refractivity contribution in [2.45, 2.75) is 19.9 Å². The SMILES string of the molecule is C=C/C(N=C(N)N(/C=C(\CC=O)OC)Cc1ccccc1)=C(C)\C=C1/COCCO1. The topological polar surface area (TPSA) is 86.4 Å². The lowest BCUT2D eigenvalue weighted by molar-refractivity contribution is -0.107. The molecule has 0 saturated carbocycles. The summed E-state index contributed by atoms with van der Waals surface area (Å²) in [5, 5.41) is 0. The van der Waals surface area contributed by atoms with Crippen LogP contribution in [0.15, 0.2) is 83.0 Å². The maximum absolute atomic E-state index is 10.9. The molecule has 0 aromatic heterocycles. The van der Waals surface area contributed by atoms with Gasteiger partial charge in [0.05, 0.1) is 32.4 Å². The van der Waals surface area contributed by atoms with E-state index in [0.717, 1.165) is 23.2 Å². The molecular formula is C23H29N3O4. The fourth-order valence-corrected chi connectivity index (χ4v) is 2.74. The number of aliphatic imine (C=N–C) groups is 1. The highest BCUT2D eigenvalue weighted by atomic mass is 16.6. The number of guanidine groups is 1. The van der Waals surface area contributed by atoms with Crippen LogP contribution >= 0.6 is 0 Å². The molecule has 7 nitrogen and oxygen atoms in total. The average Bonchev–Trinajstić information content (AvgIpc) is 2.77. The monoisotopic (exact) mass is 411 g/mol. The van der Waals surface area contributed by atoms with Gasteiger partial charge in [-0.05, 0) is 30.2 Å². The molecule has 1 aliphatic rings. The average molecular weight is 412 g/mol. The van der Waals surface area contributed by atoms with Gasteiger partial charge in [-0.2, -0.15) is 0 Å². The number of rotatable bonds is 9. The summed E-state index contributed by atoms with van der Waals surface area (Å²) in [4.78, 5) is 17.2. The van der Waals surface area contributed by atoms with E-state index in [4.69, 9.17) is 19.9 Å². The van der Waals surface area contributed by atoms with Crippen LogP contribution < -0.4 is 5.73 Å². The van der Waals surface area contributed by atoms with Crippen LogP contribution in [0.3, 0.4) is 0 Å². The fraction of sp³-hybridized carbons (Fsp3) is 0.304. The summed E-state index contributed by atoms with van der Waals surface area (Å²) in [6, 6.07) is 9.82. The normalized spacial score (nSPS) is 17.1. The number of benzene rings is 1. The molecule has 1 aromatic rings. The van der Waals surface area contributed by atoms with Crippen molar-refractivity contribution in [3.05, 3.63) is 83.6 Å². The number of hydrogen-bond acceptors (Lipinski definition) is 5. The Hall–Kier alpha value is -3.32. The Bertz CT molecular complexity index is 833. The van der Waals surface area contributed by atoms with Crippen LogP contribution in [-0.2, 0) is 25.5 Å². The molecule has 0 amide bonds. The van der Waals surface area contributed by atoms with Crippen molar-refractivity contribution in [1.29, 1.82) is 0 Å². The number of nitrogens with zero attached hydrogens (tertiary/aromatic N) is 2. The first-order chi connectivity index (χ1) is 14.6. The van der Waals surface area contributed by atoms with Gasteiger partial charge < -0.3 is 29.6 Å². The molecule has 1 fully saturated rings. The Morgan fingerprint density at radius 2 is 2.10 bits per heavy atom. The Labute approximate surface area is 177 Å². The van der Waals surface area contributed by atoms with Gasteiger partial charge >= 0.3 is 0 Å². The van der Waals surface area contributed by atoms with Crippen LogP contribution in [0.1, 0.15) is 18.9 Å². The summed E-state index contributed by atoms with van der Waals surface area (Å²) in [5.41, 5.74) is 8.82. The molecular weight excluding hydrogens is 382 g/mol. The molecule has 0 radical (unpaired) electrons. The van der Waals surface area contributed by atoms with Crippen LogP contribution in [0.5, 0.6) is 0 Å². The standard InChI is InChI=1S/C23H29N3O4/c1-4-22(18(2)14-21-17-29-12-13-30-21)25-23(24)26(16-20(28-3)10-11-27)15-19-8-6-5-7-9-19/h4-9,11,14,16H,1,10,12-13,15,17H2,2-3H3,(H2,24,25)/b20-16+,21-14+,22-18+. The van der Waals surface area contributed by atoms with Gasteiger partial charge in [0.1, 0.15) is 31.0 Å². The molecule has 2 N–H and O–H groups in total. The van der Waals surface area contributed by atoms with E-state index in [9.17, 15) is 4.79 Å². The van der Waals surface area contributed by atoms with Gasteiger partial charge in [0, 0.05) is 6.20 Å². The maximum Gasteiger partial charge on any atom is 0.201 e. The van der Waals surface area contributed by atoms with Crippen molar-refractivity contribution in [3.63, 3.8) is 0 Å². The van der Waals surface area contributed by atoms with Crippen LogP contribution in [0.25, 0.3) is 0 Å². The van der Waals surface area contributed by atoms with E-state index < -0.39 is 0 Å². The van der Waals surface area contributed by atoms with Gasteiger partial charge in [0.15, 0.2) is 0 Å². The first-order valence-electron chi connectivity index (χ1n) is 9.64. The van der Waals surface area contributed by atoms with Gasteiger partial charge in [-0.1, -0.05) is 36.9 Å². The summed E-state index contributed by atoms with van der Waals surface area (Å²) in [5.74, 6) is 1.46. The molecule has 0 aliphatic carbocycles. The maximum atomic E-state index is 10.9. The molecule has 0 spiro atoms. The zero-order chi connectivity index (χ0) is 21.8. The minimum absolute atomic E-state index is 0.141. The van der Waals surface area contributed by atoms with Crippen molar-refractivity contribution in [2.24, 2.45) is 10.7 Å². The number of allylic oxidation sites excluding steroid dienone is 4. The lowest BCUT2D eigenvalue weighted by atomic mass is 10.2. The number of carbonyl (C=O) groups excluding carboxylic acids is 1. The van der Waals surface area contributed by atoms with Gasteiger partial charge in [-0.25, -0.2) is 4.99 Å². The highest BCUT2D eigenvalue weighted by molar-refractivity contribution is 5.80. The highest BCUT2D eigenvalue weighted by Gasteiger charge is 2.11. The third kappa shape index (κ3) is 7.25. The Morgan fingerprint density at radius 3 is 2.70 bits per heavy atom. The molecule has 2 rings (SSSR count). The molecule has 0 unspecified atom stereocenters. The number of aldehydes is 1. The van der Waals surface area contributed by atoms with Gasteiger partial charge in [0.2, 0.25) is 5.96 Å². The predicted octanol–water partition coefficient (Wildman–Crippen LogP) is 3.27. The lowest BCUT2D eigenvalue weighted by Gasteiger charge is -2.21. The number of carbonyl (C=O) groups is 1. The largest absolute Gasteiger partial charge is 0.499 e. The van der Waals surface area contributed by atoms with Crippen molar-refractivity contribution in [3.8, 4) is 0 Å². The number of ether oxygens (including phenoxy) is 3. The minimum atomic E-state index is 0.141. The molecule has 7 heteroatoms. The Morgan fingerprint density at radius 1 is 1.33 bits per heavy atom. The second kappa shape index (κ2) is 12.3. The van der Waals surface area contributed by atoms with E-state index in [0.29, 0.717) is 37.8 Å². The van der Waals surface area contributed by atoms with E-state index in [2.05, 4.69) is 11.6 Å². The first kappa shape index (κ1) is 23.0. The van der Waals surface area contributed by atoms with Crippen LogP contribution in [0, 0.1) is 0 Å². The first-order valence-corrected chi connectivity index (χ1v) is 9.64. The van der Waals surface area contributed by atoms with Crippen molar-refractivity contribution < 1.29 is 19.0 Å². The molecule has 1 heterocycles. The molecule has 160 valence electrons. The lowest BCUT2D eigenvalue weighted by Crippen LogP contribution is -2.33. The summed E-state index contributed by atoms with van der Waals surface area (Å²) < 4.78 is 16.3. The van der Waals surface area contributed by atoms with E-state index >= 15 is 0 Å². The second-order valence-electron chi connectivity index (χ2n) is 6.54. The molecule has 1 saturated heterocycles. The summed E-state index contributed by atoms with van der Waals surface area (Å²) in [6.07, 6.45) is 6.11. The van der Waals surface area contributed by atoms with E-state index in [1.807, 2.05) is 43.3 Å². The second-order valence-corrected chi connectivity index (χ2v) is 6.54. The smallest absolute Gasteiger partial charge is 0.201 e. The Kier molecular flexibility index (Phi) is 9.40. The van der Waals surface area contributed by atoms with Crippen LogP contribution in [-0.4, -0.2) is 44.1 Å². The predicted molar refractivity (Wildman–Crippen MR) is 117 cm³/mol. The molecule has 0 atom stereocenters. The summed E-state index contributed by atoms with van der Waals surface area (Å²) >= 11 is 0. The fourth-order valence-electron chi connectivity index (χ4n) is 2.74. The van der Waals surface area contributed by atoms with Gasteiger partial charge in [-0.15, -0.1) is 0 Å². The molecule has 0 bridgehead atoms. The summed E-state index contributed by atoms with van der Waals surface area (Å²) in [6.45, 7) is 7.76. The third-order valence-corrected chi connectivity index (χ3v) is 4.31. The molecule has 30 heavy (non-hydrogen) atoms. The number of hydrogen-bond donors (Lipinski definition) is 1. The van der Waals surface area contributed by atoms with Crippen LogP contribution in [0.4, 0.5) is 0 Å². The van der Waals surface area contributed by atoms with E-state index in [1.54, 1.807) is 17.2 Å². The van der Waals surface area contributed by atoms with Gasteiger partial charge in [-0.3, -0.25) is 0 Å². The molecule has 1 aliphatic heterocycles. The molecule has 1 aromatic carbocycles. The number of methoxy groups -OCH3 is 1. The van der Waals surface area contributed by atoms with E-state index in [-0.39, 0.29) is 12.4 Å². The summed E-state index contributed by atoms with van der Waals surface area (Å²) in [7, 11) is 1.51. The van der Waals surface area contributed by atoms with Crippen molar-refractivity contribution in [2.75, 3.05) is 26.9 Å².